The molecule has 7 heteroatoms. The molecule has 0 aliphatic heterocycles. The number of aromatic nitrogens is 3. The van der Waals surface area contributed by atoms with Crippen molar-refractivity contribution >= 4 is 17.7 Å². The molecular formula is C24H28N4O2S. The van der Waals surface area contributed by atoms with Crippen LogP contribution in [0.2, 0.25) is 0 Å². The second-order valence-electron chi connectivity index (χ2n) is 8.15. The number of hydrogen-bond donors (Lipinski definition) is 1. The maximum Gasteiger partial charge on any atom is 0.350 e. The van der Waals surface area contributed by atoms with Gasteiger partial charge < -0.3 is 5.32 Å². The van der Waals surface area contributed by atoms with E-state index in [1.165, 1.54) is 9.58 Å². The topological polar surface area (TPSA) is 68.9 Å². The fraction of sp³-hybridized carbons (Fsp3) is 0.375. The summed E-state index contributed by atoms with van der Waals surface area (Å²) in [7, 11) is 0. The first-order chi connectivity index (χ1) is 15.0. The Morgan fingerprint density at radius 3 is 2.48 bits per heavy atom. The van der Waals surface area contributed by atoms with E-state index in [1.807, 2.05) is 42.5 Å². The van der Waals surface area contributed by atoms with Crippen LogP contribution in [0.25, 0.3) is 5.69 Å². The summed E-state index contributed by atoms with van der Waals surface area (Å²) in [6.45, 7) is 5.05. The smallest absolute Gasteiger partial charge is 0.350 e. The van der Waals surface area contributed by atoms with Crippen molar-refractivity contribution in [2.75, 3.05) is 6.54 Å². The monoisotopic (exact) mass is 436 g/mol. The van der Waals surface area contributed by atoms with Gasteiger partial charge in [0.15, 0.2) is 0 Å². The molecule has 1 aliphatic carbocycles. The minimum Gasteiger partial charge on any atom is -0.354 e. The van der Waals surface area contributed by atoms with E-state index in [0.29, 0.717) is 30.7 Å². The van der Waals surface area contributed by atoms with E-state index in [-0.39, 0.29) is 11.6 Å². The van der Waals surface area contributed by atoms with Crippen LogP contribution in [0.1, 0.15) is 44.0 Å². The Balaban J connectivity index is 1.35. The van der Waals surface area contributed by atoms with E-state index >= 15 is 0 Å². The first-order valence-corrected chi connectivity index (χ1v) is 11.7. The summed E-state index contributed by atoms with van der Waals surface area (Å²) in [6.07, 6.45) is 2.45. The molecule has 1 amide bonds. The number of para-hydroxylation sites is 1. The summed E-state index contributed by atoms with van der Waals surface area (Å²) >= 11 is 1.80. The van der Waals surface area contributed by atoms with Crippen LogP contribution in [-0.4, -0.2) is 32.0 Å². The van der Waals surface area contributed by atoms with Crippen molar-refractivity contribution in [3.05, 3.63) is 76.5 Å². The number of hydrogen-bond acceptors (Lipinski definition) is 4. The number of benzene rings is 2. The predicted molar refractivity (Wildman–Crippen MR) is 124 cm³/mol. The molecule has 6 nitrogen and oxygen atoms in total. The normalized spacial score (nSPS) is 13.5. The van der Waals surface area contributed by atoms with Gasteiger partial charge in [0.2, 0.25) is 5.91 Å². The van der Waals surface area contributed by atoms with Crippen LogP contribution in [0.4, 0.5) is 0 Å². The second-order valence-corrected chi connectivity index (χ2v) is 9.80. The molecule has 0 spiro atoms. The number of rotatable bonds is 9. The van der Waals surface area contributed by atoms with Crippen LogP contribution in [-0.2, 0) is 17.8 Å². The fourth-order valence-corrected chi connectivity index (χ4v) is 4.34. The van der Waals surface area contributed by atoms with Crippen LogP contribution >= 0.6 is 11.8 Å². The molecule has 1 saturated carbocycles. The molecule has 0 atom stereocenters. The van der Waals surface area contributed by atoms with E-state index in [9.17, 15) is 9.59 Å². The number of carbonyl (C=O) groups is 1. The molecule has 1 aliphatic rings. The molecule has 1 aromatic heterocycles. The lowest BCUT2D eigenvalue weighted by atomic mass is 10.1. The molecule has 31 heavy (non-hydrogen) atoms. The third-order valence-corrected chi connectivity index (χ3v) is 6.14. The van der Waals surface area contributed by atoms with Gasteiger partial charge in [-0.05, 0) is 42.7 Å². The highest BCUT2D eigenvalue weighted by Crippen LogP contribution is 2.39. The number of amides is 1. The molecule has 1 fully saturated rings. The Labute approximate surface area is 186 Å². The van der Waals surface area contributed by atoms with Crippen molar-refractivity contribution in [3.8, 4) is 5.69 Å². The summed E-state index contributed by atoms with van der Waals surface area (Å²) < 4.78 is 3.18. The Morgan fingerprint density at radius 2 is 1.84 bits per heavy atom. The Kier molecular flexibility index (Phi) is 6.61. The van der Waals surface area contributed by atoms with Crippen molar-refractivity contribution in [2.45, 2.75) is 55.7 Å². The average molecular weight is 437 g/mol. The van der Waals surface area contributed by atoms with Gasteiger partial charge in [0.1, 0.15) is 5.82 Å². The van der Waals surface area contributed by atoms with Gasteiger partial charge in [0.25, 0.3) is 0 Å². The van der Waals surface area contributed by atoms with Crippen LogP contribution in [0.5, 0.6) is 0 Å². The number of nitrogens with one attached hydrogen (secondary N) is 1. The van der Waals surface area contributed by atoms with Crippen molar-refractivity contribution in [1.29, 1.82) is 0 Å². The first kappa shape index (κ1) is 21.4. The molecule has 0 saturated heterocycles. The van der Waals surface area contributed by atoms with Crippen LogP contribution < -0.4 is 11.0 Å². The van der Waals surface area contributed by atoms with Gasteiger partial charge in [-0.15, -0.1) is 11.8 Å². The lowest BCUT2D eigenvalue weighted by Gasteiger charge is -2.07. The minimum absolute atomic E-state index is 0.0535. The maximum atomic E-state index is 12.9. The highest BCUT2D eigenvalue weighted by atomic mass is 32.2. The van der Waals surface area contributed by atoms with Gasteiger partial charge in [-0.1, -0.05) is 44.2 Å². The van der Waals surface area contributed by atoms with E-state index in [0.717, 1.165) is 29.9 Å². The largest absolute Gasteiger partial charge is 0.354 e. The zero-order chi connectivity index (χ0) is 21.8. The van der Waals surface area contributed by atoms with E-state index in [4.69, 9.17) is 0 Å². The predicted octanol–water partition coefficient (Wildman–Crippen LogP) is 3.77. The zero-order valence-electron chi connectivity index (χ0n) is 18.0. The standard InChI is InChI=1S/C24H28N4O2S/c1-17(2)31-21-12-8-18(9-13-21)16-22(29)25-14-15-27-24(30)28(20-6-4-3-5-7-20)23(26-27)19-10-11-19/h3-9,12-13,17,19H,10-11,14-16H2,1-2H3,(H,25,29). The van der Waals surface area contributed by atoms with E-state index in [1.54, 1.807) is 16.3 Å². The quantitative estimate of drug-likeness (QED) is 0.519. The number of nitrogens with zero attached hydrogens (tertiary/aromatic N) is 3. The Bertz CT molecular complexity index is 1080. The summed E-state index contributed by atoms with van der Waals surface area (Å²) in [5, 5.41) is 8.02. The summed E-state index contributed by atoms with van der Waals surface area (Å²) in [6, 6.07) is 17.7. The molecule has 0 unspecified atom stereocenters. The molecule has 3 aromatic rings. The Morgan fingerprint density at radius 1 is 1.13 bits per heavy atom. The lowest BCUT2D eigenvalue weighted by molar-refractivity contribution is -0.120. The molecule has 0 bridgehead atoms. The SMILES string of the molecule is CC(C)Sc1ccc(CC(=O)NCCn2nc(C3CC3)n(-c3ccccc3)c2=O)cc1. The summed E-state index contributed by atoms with van der Waals surface area (Å²) in [5.41, 5.74) is 1.66. The third-order valence-electron chi connectivity index (χ3n) is 5.13. The third kappa shape index (κ3) is 5.47. The van der Waals surface area contributed by atoms with Crippen LogP contribution in [0.15, 0.2) is 64.3 Å². The van der Waals surface area contributed by atoms with Gasteiger partial charge in [0.05, 0.1) is 18.7 Å². The van der Waals surface area contributed by atoms with Gasteiger partial charge in [-0.3, -0.25) is 4.79 Å². The Hall–Kier alpha value is -2.80. The zero-order valence-corrected chi connectivity index (χ0v) is 18.8. The van der Waals surface area contributed by atoms with Gasteiger partial charge in [0, 0.05) is 22.6 Å². The van der Waals surface area contributed by atoms with Crippen molar-refractivity contribution in [1.82, 2.24) is 19.7 Å². The van der Waals surface area contributed by atoms with Gasteiger partial charge in [-0.2, -0.15) is 5.10 Å². The van der Waals surface area contributed by atoms with Crippen molar-refractivity contribution < 1.29 is 4.79 Å². The lowest BCUT2D eigenvalue weighted by Crippen LogP contribution is -2.32. The molecule has 2 aromatic carbocycles. The molecule has 4 rings (SSSR count). The van der Waals surface area contributed by atoms with Crippen molar-refractivity contribution in [2.24, 2.45) is 0 Å². The maximum absolute atomic E-state index is 12.9. The highest BCUT2D eigenvalue weighted by molar-refractivity contribution is 7.99. The first-order valence-electron chi connectivity index (χ1n) is 10.8. The number of thioether (sulfide) groups is 1. The van der Waals surface area contributed by atoms with Crippen molar-refractivity contribution in [3.63, 3.8) is 0 Å². The van der Waals surface area contributed by atoms with E-state index in [2.05, 4.69) is 36.4 Å². The summed E-state index contributed by atoms with van der Waals surface area (Å²) in [5.74, 6) is 1.12. The molecule has 1 N–H and O–H groups in total. The fourth-order valence-electron chi connectivity index (χ4n) is 3.50. The second kappa shape index (κ2) is 9.56. The average Bonchev–Trinajstić information content (AvgIpc) is 3.54. The van der Waals surface area contributed by atoms with Crippen LogP contribution in [0.3, 0.4) is 0 Å². The summed E-state index contributed by atoms with van der Waals surface area (Å²) in [4.78, 5) is 26.5. The molecule has 1 heterocycles. The van der Waals surface area contributed by atoms with Gasteiger partial charge >= 0.3 is 5.69 Å². The minimum atomic E-state index is -0.152. The van der Waals surface area contributed by atoms with Crippen LogP contribution in [0, 0.1) is 0 Å². The highest BCUT2D eigenvalue weighted by Gasteiger charge is 2.31. The number of carbonyl (C=O) groups excluding carboxylic acids is 1. The molecule has 162 valence electrons. The van der Waals surface area contributed by atoms with E-state index < -0.39 is 0 Å². The molecular weight excluding hydrogens is 408 g/mol. The van der Waals surface area contributed by atoms with Gasteiger partial charge in [-0.25, -0.2) is 14.0 Å². The molecule has 0 radical (unpaired) electrons.